The smallest absolute Gasteiger partial charge is 0.264 e. The third kappa shape index (κ3) is 2.25. The molecule has 0 radical (unpaired) electrons. The van der Waals surface area contributed by atoms with Crippen molar-refractivity contribution in [1.29, 1.82) is 0 Å². The molecule has 1 aromatic rings. The van der Waals surface area contributed by atoms with E-state index in [1.807, 2.05) is 18.2 Å². The zero-order valence-corrected chi connectivity index (χ0v) is 9.85. The summed E-state index contributed by atoms with van der Waals surface area (Å²) >= 11 is 0. The molecule has 1 aliphatic heterocycles. The van der Waals surface area contributed by atoms with E-state index in [9.17, 15) is 4.79 Å². The molecule has 17 heavy (non-hydrogen) atoms. The maximum absolute atomic E-state index is 11.5. The van der Waals surface area contributed by atoms with E-state index in [-0.39, 0.29) is 18.6 Å². The van der Waals surface area contributed by atoms with Gasteiger partial charge in [-0.1, -0.05) is 6.07 Å². The summed E-state index contributed by atoms with van der Waals surface area (Å²) in [6.45, 7) is 0.640. The molecule has 0 saturated heterocycles. The van der Waals surface area contributed by atoms with Crippen LogP contribution in [0.25, 0.3) is 0 Å². The van der Waals surface area contributed by atoms with Crippen LogP contribution in [-0.2, 0) is 4.79 Å². The van der Waals surface area contributed by atoms with Gasteiger partial charge in [-0.05, 0) is 30.7 Å². The Bertz CT molecular complexity index is 434. The Morgan fingerprint density at radius 2 is 2.29 bits per heavy atom. The number of benzene rings is 1. The fourth-order valence-corrected chi connectivity index (χ4v) is 1.87. The molecule has 1 aliphatic rings. The predicted octanol–water partition coefficient (Wildman–Crippen LogP) is 0.390. The minimum Gasteiger partial charge on any atom is -0.482 e. The van der Waals surface area contributed by atoms with Crippen molar-refractivity contribution in [1.82, 2.24) is 0 Å². The lowest BCUT2D eigenvalue weighted by Crippen LogP contribution is -2.35. The molecule has 1 aromatic carbocycles. The summed E-state index contributed by atoms with van der Waals surface area (Å²) in [6.07, 6.45) is 0.720. The van der Waals surface area contributed by atoms with E-state index < -0.39 is 0 Å². The van der Waals surface area contributed by atoms with E-state index in [4.69, 9.17) is 16.2 Å². The molecule has 0 spiro atoms. The number of anilines is 1. The Labute approximate surface area is 100 Å². The summed E-state index contributed by atoms with van der Waals surface area (Å²) in [4.78, 5) is 13.1. The van der Waals surface area contributed by atoms with E-state index in [1.165, 1.54) is 0 Å². The SMILES string of the molecule is CN1C(=O)COc2ccc(C(N)CCN)cc21. The van der Waals surface area contributed by atoms with Crippen molar-refractivity contribution >= 4 is 11.6 Å². The van der Waals surface area contributed by atoms with Crippen LogP contribution in [0.1, 0.15) is 18.0 Å². The molecule has 1 atom stereocenters. The van der Waals surface area contributed by atoms with Crippen molar-refractivity contribution < 1.29 is 9.53 Å². The van der Waals surface area contributed by atoms with Gasteiger partial charge in [0, 0.05) is 13.1 Å². The van der Waals surface area contributed by atoms with Crippen LogP contribution in [0.5, 0.6) is 5.75 Å². The molecule has 5 nitrogen and oxygen atoms in total. The largest absolute Gasteiger partial charge is 0.482 e. The maximum atomic E-state index is 11.5. The predicted molar refractivity (Wildman–Crippen MR) is 65.9 cm³/mol. The second-order valence-electron chi connectivity index (χ2n) is 4.15. The van der Waals surface area contributed by atoms with Gasteiger partial charge in [-0.3, -0.25) is 4.79 Å². The Morgan fingerprint density at radius 1 is 1.53 bits per heavy atom. The van der Waals surface area contributed by atoms with E-state index in [2.05, 4.69) is 0 Å². The number of hydrogen-bond acceptors (Lipinski definition) is 4. The minimum atomic E-state index is -0.101. The zero-order chi connectivity index (χ0) is 12.4. The monoisotopic (exact) mass is 235 g/mol. The molecule has 4 N–H and O–H groups in total. The highest BCUT2D eigenvalue weighted by molar-refractivity contribution is 5.97. The molecule has 5 heteroatoms. The summed E-state index contributed by atoms with van der Waals surface area (Å²) in [7, 11) is 1.74. The highest BCUT2D eigenvalue weighted by Crippen LogP contribution is 2.33. The lowest BCUT2D eigenvalue weighted by atomic mass is 10.0. The maximum Gasteiger partial charge on any atom is 0.264 e. The van der Waals surface area contributed by atoms with E-state index >= 15 is 0 Å². The molecule has 0 saturated carbocycles. The number of carbonyl (C=O) groups excluding carboxylic acids is 1. The van der Waals surface area contributed by atoms with Gasteiger partial charge in [0.25, 0.3) is 5.91 Å². The Kier molecular flexibility index (Phi) is 3.31. The molecule has 2 rings (SSSR count). The first kappa shape index (κ1) is 11.9. The van der Waals surface area contributed by atoms with Gasteiger partial charge in [0.1, 0.15) is 5.75 Å². The van der Waals surface area contributed by atoms with Gasteiger partial charge in [0.15, 0.2) is 6.61 Å². The van der Waals surface area contributed by atoms with E-state index in [0.717, 1.165) is 23.4 Å². The van der Waals surface area contributed by atoms with Gasteiger partial charge < -0.3 is 21.1 Å². The van der Waals surface area contributed by atoms with Crippen molar-refractivity contribution in [2.75, 3.05) is 25.1 Å². The fraction of sp³-hybridized carbons (Fsp3) is 0.417. The van der Waals surface area contributed by atoms with Crippen LogP contribution in [0.3, 0.4) is 0 Å². The Hall–Kier alpha value is -1.59. The van der Waals surface area contributed by atoms with Crippen molar-refractivity contribution in [3.8, 4) is 5.75 Å². The highest BCUT2D eigenvalue weighted by atomic mass is 16.5. The normalized spacial score (nSPS) is 16.4. The summed E-state index contributed by atoms with van der Waals surface area (Å²) in [5, 5.41) is 0. The first-order valence-electron chi connectivity index (χ1n) is 5.62. The van der Waals surface area contributed by atoms with Crippen LogP contribution in [0.4, 0.5) is 5.69 Å². The molecule has 0 fully saturated rings. The lowest BCUT2D eigenvalue weighted by molar-refractivity contribution is -0.120. The second kappa shape index (κ2) is 4.73. The lowest BCUT2D eigenvalue weighted by Gasteiger charge is -2.27. The van der Waals surface area contributed by atoms with Crippen LogP contribution < -0.4 is 21.1 Å². The van der Waals surface area contributed by atoms with Gasteiger partial charge in [-0.15, -0.1) is 0 Å². The van der Waals surface area contributed by atoms with Crippen LogP contribution >= 0.6 is 0 Å². The fourth-order valence-electron chi connectivity index (χ4n) is 1.87. The standard InChI is InChI=1S/C12H17N3O2/c1-15-10-6-8(9(14)4-5-13)2-3-11(10)17-7-12(15)16/h2-3,6,9H,4-5,7,13-14H2,1H3. The number of carbonyl (C=O) groups is 1. The van der Waals surface area contributed by atoms with E-state index in [0.29, 0.717) is 6.54 Å². The van der Waals surface area contributed by atoms with E-state index in [1.54, 1.807) is 11.9 Å². The van der Waals surface area contributed by atoms with Gasteiger partial charge in [-0.25, -0.2) is 0 Å². The van der Waals surface area contributed by atoms with Crippen LogP contribution in [-0.4, -0.2) is 26.1 Å². The Morgan fingerprint density at radius 3 is 3.00 bits per heavy atom. The van der Waals surface area contributed by atoms with Gasteiger partial charge in [0.2, 0.25) is 0 Å². The van der Waals surface area contributed by atoms with Gasteiger partial charge in [0.05, 0.1) is 5.69 Å². The van der Waals surface area contributed by atoms with Crippen molar-refractivity contribution in [2.45, 2.75) is 12.5 Å². The quantitative estimate of drug-likeness (QED) is 0.794. The molecule has 1 heterocycles. The average Bonchev–Trinajstić information content (AvgIpc) is 2.34. The minimum absolute atomic E-state index is 0.0537. The molecule has 0 aromatic heterocycles. The average molecular weight is 235 g/mol. The topological polar surface area (TPSA) is 81.6 Å². The zero-order valence-electron chi connectivity index (χ0n) is 9.85. The summed E-state index contributed by atoms with van der Waals surface area (Å²) < 4.78 is 5.34. The molecule has 0 aliphatic carbocycles. The summed E-state index contributed by atoms with van der Waals surface area (Å²) in [6, 6.07) is 5.56. The first-order valence-corrected chi connectivity index (χ1v) is 5.62. The van der Waals surface area contributed by atoms with Crippen molar-refractivity contribution in [3.05, 3.63) is 23.8 Å². The number of amides is 1. The van der Waals surface area contributed by atoms with Gasteiger partial charge in [-0.2, -0.15) is 0 Å². The Balaban J connectivity index is 2.32. The molecule has 1 unspecified atom stereocenters. The highest BCUT2D eigenvalue weighted by Gasteiger charge is 2.22. The number of likely N-dealkylation sites (N-methyl/N-ethyl adjacent to an activating group) is 1. The van der Waals surface area contributed by atoms with Crippen LogP contribution in [0.2, 0.25) is 0 Å². The number of fused-ring (bicyclic) bond motifs is 1. The number of ether oxygens (including phenoxy) is 1. The third-order valence-corrected chi connectivity index (χ3v) is 2.98. The summed E-state index contributed by atoms with van der Waals surface area (Å²) in [5.41, 5.74) is 13.2. The second-order valence-corrected chi connectivity index (χ2v) is 4.15. The van der Waals surface area contributed by atoms with Crippen LogP contribution in [0.15, 0.2) is 18.2 Å². The third-order valence-electron chi connectivity index (χ3n) is 2.98. The van der Waals surface area contributed by atoms with Crippen molar-refractivity contribution in [3.63, 3.8) is 0 Å². The molecular formula is C12H17N3O2. The number of hydrogen-bond donors (Lipinski definition) is 2. The summed E-state index contributed by atoms with van der Waals surface area (Å²) in [5.74, 6) is 0.665. The van der Waals surface area contributed by atoms with Gasteiger partial charge >= 0.3 is 0 Å². The number of rotatable bonds is 3. The molecule has 0 bridgehead atoms. The number of nitrogens with zero attached hydrogens (tertiary/aromatic N) is 1. The van der Waals surface area contributed by atoms with Crippen LogP contribution in [0, 0.1) is 0 Å². The van der Waals surface area contributed by atoms with Crippen molar-refractivity contribution in [2.24, 2.45) is 11.5 Å². The molecular weight excluding hydrogens is 218 g/mol. The first-order chi connectivity index (χ1) is 8.13. The number of nitrogens with two attached hydrogens (primary N) is 2. The molecule has 1 amide bonds. The molecule has 92 valence electrons.